The summed E-state index contributed by atoms with van der Waals surface area (Å²) in [6.45, 7) is 0. The van der Waals surface area contributed by atoms with Crippen LogP contribution in [-0.4, -0.2) is 22.3 Å². The lowest BCUT2D eigenvalue weighted by molar-refractivity contribution is 0.415. The average Bonchev–Trinajstić information content (AvgIpc) is 2.55. The normalized spacial score (nSPS) is 10.3. The second-order valence-corrected chi connectivity index (χ2v) is 5.18. The number of benzene rings is 2. The molecule has 3 aromatic rings. The van der Waals surface area contributed by atoms with Crippen molar-refractivity contribution in [3.8, 4) is 5.75 Å². The summed E-state index contributed by atoms with van der Waals surface area (Å²) in [6, 6.07) is 11.2. The number of hydrogen-bond acceptors (Lipinski definition) is 6. The van der Waals surface area contributed by atoms with Crippen molar-refractivity contribution in [3.05, 3.63) is 59.5 Å². The summed E-state index contributed by atoms with van der Waals surface area (Å²) in [5.41, 5.74) is 1.25. The first-order chi connectivity index (χ1) is 11.6. The van der Waals surface area contributed by atoms with Crippen molar-refractivity contribution in [2.24, 2.45) is 0 Å². The first-order valence-corrected chi connectivity index (χ1v) is 7.35. The van der Waals surface area contributed by atoms with E-state index in [1.165, 1.54) is 18.3 Å². The Balaban J connectivity index is 1.76. The Bertz CT molecular complexity index is 861. The van der Waals surface area contributed by atoms with Crippen molar-refractivity contribution in [2.75, 3.05) is 17.7 Å². The van der Waals surface area contributed by atoms with Gasteiger partial charge in [0.05, 0.1) is 18.3 Å². The Morgan fingerprint density at radius 2 is 1.92 bits per heavy atom. The van der Waals surface area contributed by atoms with E-state index in [0.717, 1.165) is 0 Å². The molecule has 0 bridgehead atoms. The first kappa shape index (κ1) is 15.9. The number of halogens is 2. The van der Waals surface area contributed by atoms with Gasteiger partial charge in [-0.05, 0) is 36.4 Å². The molecule has 0 saturated heterocycles. The fraction of sp³-hybridized carbons (Fsp3) is 0.0625. The highest BCUT2D eigenvalue weighted by Crippen LogP contribution is 2.28. The zero-order chi connectivity index (χ0) is 16.9. The van der Waals surface area contributed by atoms with E-state index in [1.807, 2.05) is 0 Å². The topological polar surface area (TPSA) is 72.0 Å². The second-order valence-electron chi connectivity index (χ2n) is 4.77. The Morgan fingerprint density at radius 3 is 2.67 bits per heavy atom. The number of rotatable bonds is 5. The van der Waals surface area contributed by atoms with Crippen molar-refractivity contribution in [1.29, 1.82) is 0 Å². The quantitative estimate of drug-likeness (QED) is 0.723. The van der Waals surface area contributed by atoms with Gasteiger partial charge in [-0.15, -0.1) is 5.10 Å². The van der Waals surface area contributed by atoms with Gasteiger partial charge < -0.3 is 15.4 Å². The Labute approximate surface area is 142 Å². The third-order valence-electron chi connectivity index (χ3n) is 3.06. The molecule has 0 atom stereocenters. The van der Waals surface area contributed by atoms with Crippen LogP contribution in [-0.2, 0) is 0 Å². The van der Waals surface area contributed by atoms with E-state index in [0.29, 0.717) is 28.0 Å². The summed E-state index contributed by atoms with van der Waals surface area (Å²) in [5.74, 6) is 0.936. The molecule has 0 radical (unpaired) electrons. The Morgan fingerprint density at radius 1 is 1.08 bits per heavy atom. The van der Waals surface area contributed by atoms with Crippen LogP contribution >= 0.6 is 11.6 Å². The van der Waals surface area contributed by atoms with Crippen molar-refractivity contribution < 1.29 is 9.13 Å². The number of hydrogen-bond donors (Lipinski definition) is 2. The maximum absolute atomic E-state index is 13.2. The third kappa shape index (κ3) is 3.88. The van der Waals surface area contributed by atoms with E-state index in [1.54, 1.807) is 37.4 Å². The van der Waals surface area contributed by atoms with E-state index in [9.17, 15) is 4.39 Å². The molecular formula is C16H13ClFN5O. The molecule has 8 heteroatoms. The lowest BCUT2D eigenvalue weighted by atomic mass is 10.3. The van der Waals surface area contributed by atoms with Crippen LogP contribution in [0.4, 0.5) is 27.5 Å². The SMILES string of the molecule is COc1ccc(Nc2nncc(Nc3cccc(F)c3)n2)cc1Cl. The lowest BCUT2D eigenvalue weighted by Gasteiger charge is -2.09. The number of anilines is 4. The summed E-state index contributed by atoms with van der Waals surface area (Å²) in [6.07, 6.45) is 1.44. The molecular weight excluding hydrogens is 333 g/mol. The summed E-state index contributed by atoms with van der Waals surface area (Å²) >= 11 is 6.08. The van der Waals surface area contributed by atoms with E-state index in [-0.39, 0.29) is 11.8 Å². The number of methoxy groups -OCH3 is 1. The maximum atomic E-state index is 13.2. The Kier molecular flexibility index (Phi) is 4.72. The number of aromatic nitrogens is 3. The van der Waals surface area contributed by atoms with Gasteiger partial charge in [0.25, 0.3) is 0 Å². The van der Waals surface area contributed by atoms with Crippen LogP contribution in [0.15, 0.2) is 48.7 Å². The highest BCUT2D eigenvalue weighted by molar-refractivity contribution is 6.32. The zero-order valence-electron chi connectivity index (χ0n) is 12.6. The van der Waals surface area contributed by atoms with Gasteiger partial charge in [0, 0.05) is 11.4 Å². The van der Waals surface area contributed by atoms with Crippen molar-refractivity contribution >= 4 is 34.7 Å². The lowest BCUT2D eigenvalue weighted by Crippen LogP contribution is -2.02. The first-order valence-electron chi connectivity index (χ1n) is 6.97. The largest absolute Gasteiger partial charge is 0.495 e. The van der Waals surface area contributed by atoms with Gasteiger partial charge in [0.15, 0.2) is 5.82 Å². The minimum Gasteiger partial charge on any atom is -0.495 e. The van der Waals surface area contributed by atoms with Gasteiger partial charge >= 0.3 is 0 Å². The molecule has 0 fully saturated rings. The van der Waals surface area contributed by atoms with Crippen molar-refractivity contribution in [1.82, 2.24) is 15.2 Å². The van der Waals surface area contributed by atoms with Gasteiger partial charge in [-0.3, -0.25) is 0 Å². The van der Waals surface area contributed by atoms with Crippen LogP contribution in [0.1, 0.15) is 0 Å². The minimum absolute atomic E-state index is 0.276. The standard InChI is InChI=1S/C16H13ClFN5O/c1-24-14-6-5-12(8-13(14)17)21-16-22-15(9-19-23-16)20-11-4-2-3-10(18)7-11/h2-9H,1H3,(H2,20,21,22,23). The van der Waals surface area contributed by atoms with Crippen LogP contribution in [0.25, 0.3) is 0 Å². The molecule has 122 valence electrons. The highest BCUT2D eigenvalue weighted by Gasteiger charge is 2.05. The molecule has 0 spiro atoms. The maximum Gasteiger partial charge on any atom is 0.249 e. The van der Waals surface area contributed by atoms with Crippen LogP contribution in [0.3, 0.4) is 0 Å². The predicted octanol–water partition coefficient (Wildman–Crippen LogP) is 4.16. The van der Waals surface area contributed by atoms with E-state index in [4.69, 9.17) is 16.3 Å². The van der Waals surface area contributed by atoms with Crippen LogP contribution in [0.2, 0.25) is 5.02 Å². The average molecular weight is 346 g/mol. The summed E-state index contributed by atoms with van der Waals surface area (Å²) in [4.78, 5) is 4.27. The van der Waals surface area contributed by atoms with E-state index >= 15 is 0 Å². The molecule has 24 heavy (non-hydrogen) atoms. The molecule has 6 nitrogen and oxygen atoms in total. The summed E-state index contributed by atoms with van der Waals surface area (Å²) in [7, 11) is 1.54. The molecule has 2 aromatic carbocycles. The van der Waals surface area contributed by atoms with Crippen molar-refractivity contribution in [2.45, 2.75) is 0 Å². The molecule has 0 unspecified atom stereocenters. The molecule has 1 heterocycles. The summed E-state index contributed by atoms with van der Waals surface area (Å²) < 4.78 is 18.3. The molecule has 2 N–H and O–H groups in total. The van der Waals surface area contributed by atoms with Crippen LogP contribution in [0.5, 0.6) is 5.75 Å². The Hall–Kier alpha value is -2.93. The van der Waals surface area contributed by atoms with Crippen LogP contribution in [0, 0.1) is 5.82 Å². The van der Waals surface area contributed by atoms with Crippen LogP contribution < -0.4 is 15.4 Å². The fourth-order valence-electron chi connectivity index (χ4n) is 2.00. The number of nitrogens with zero attached hydrogens (tertiary/aromatic N) is 3. The number of ether oxygens (including phenoxy) is 1. The molecule has 0 aliphatic heterocycles. The summed E-state index contributed by atoms with van der Waals surface area (Å²) in [5, 5.41) is 14.2. The molecule has 3 rings (SSSR count). The van der Waals surface area contributed by atoms with E-state index < -0.39 is 0 Å². The molecule has 0 saturated carbocycles. The predicted molar refractivity (Wildman–Crippen MR) is 90.8 cm³/mol. The van der Waals surface area contributed by atoms with Crippen molar-refractivity contribution in [3.63, 3.8) is 0 Å². The van der Waals surface area contributed by atoms with Gasteiger partial charge in [-0.2, -0.15) is 10.1 Å². The number of nitrogens with one attached hydrogen (secondary N) is 2. The van der Waals surface area contributed by atoms with Gasteiger partial charge in [0.1, 0.15) is 11.6 Å². The monoisotopic (exact) mass is 345 g/mol. The molecule has 1 aromatic heterocycles. The highest BCUT2D eigenvalue weighted by atomic mass is 35.5. The third-order valence-corrected chi connectivity index (χ3v) is 3.36. The minimum atomic E-state index is -0.340. The molecule has 0 aliphatic carbocycles. The molecule has 0 aliphatic rings. The molecule has 0 amide bonds. The van der Waals surface area contributed by atoms with Gasteiger partial charge in [-0.1, -0.05) is 17.7 Å². The van der Waals surface area contributed by atoms with E-state index in [2.05, 4.69) is 25.8 Å². The van der Waals surface area contributed by atoms with Gasteiger partial charge in [-0.25, -0.2) is 4.39 Å². The smallest absolute Gasteiger partial charge is 0.249 e. The zero-order valence-corrected chi connectivity index (χ0v) is 13.4. The second kappa shape index (κ2) is 7.10. The fourth-order valence-corrected chi connectivity index (χ4v) is 2.26. The van der Waals surface area contributed by atoms with Gasteiger partial charge in [0.2, 0.25) is 5.95 Å².